The van der Waals surface area contributed by atoms with Crippen molar-refractivity contribution in [2.45, 2.75) is 38.5 Å². The molecule has 0 saturated carbocycles. The van der Waals surface area contributed by atoms with Crippen molar-refractivity contribution in [1.82, 2.24) is 0 Å². The van der Waals surface area contributed by atoms with Gasteiger partial charge in [0.2, 0.25) is 0 Å². The summed E-state index contributed by atoms with van der Waals surface area (Å²) in [6.45, 7) is 0. The molecular formula is C14H14N4O. The lowest BCUT2D eigenvalue weighted by molar-refractivity contribution is 0.257. The normalized spacial score (nSPS) is 15.5. The Labute approximate surface area is 111 Å². The lowest BCUT2D eigenvalue weighted by Gasteiger charge is -2.16. The Bertz CT molecular complexity index is 592. The van der Waals surface area contributed by atoms with Gasteiger partial charge in [0.1, 0.15) is 0 Å². The first-order valence-electron chi connectivity index (χ1n) is 6.54. The van der Waals surface area contributed by atoms with Crippen LogP contribution in [0, 0.1) is 16.9 Å². The van der Waals surface area contributed by atoms with E-state index in [1.807, 2.05) is 0 Å². The van der Waals surface area contributed by atoms with Crippen molar-refractivity contribution in [1.29, 1.82) is 10.8 Å². The molecule has 3 rings (SSSR count). The Balaban J connectivity index is 2.22. The second-order valence-electron chi connectivity index (χ2n) is 5.03. The van der Waals surface area contributed by atoms with E-state index in [0.717, 1.165) is 72.0 Å². The van der Waals surface area contributed by atoms with Gasteiger partial charge in [0.05, 0.1) is 11.6 Å². The van der Waals surface area contributed by atoms with Crippen molar-refractivity contribution in [3.8, 4) is 6.07 Å². The maximum Gasteiger partial charge on any atom is 0.363 e. The van der Waals surface area contributed by atoms with Crippen LogP contribution in [0.25, 0.3) is 0 Å². The molecule has 2 amide bonds. The van der Waals surface area contributed by atoms with E-state index in [2.05, 4.69) is 16.5 Å². The van der Waals surface area contributed by atoms with E-state index in [1.54, 1.807) is 0 Å². The summed E-state index contributed by atoms with van der Waals surface area (Å²) < 4.78 is 0. The quantitative estimate of drug-likeness (QED) is 0.754. The summed E-state index contributed by atoms with van der Waals surface area (Å²) >= 11 is 0. The van der Waals surface area contributed by atoms with Crippen molar-refractivity contribution in [2.24, 2.45) is 5.11 Å². The highest BCUT2D eigenvalue weighted by atomic mass is 16.2. The van der Waals surface area contributed by atoms with Gasteiger partial charge >= 0.3 is 6.03 Å². The molecule has 0 bridgehead atoms. The van der Waals surface area contributed by atoms with Gasteiger partial charge in [-0.05, 0) is 60.8 Å². The summed E-state index contributed by atoms with van der Waals surface area (Å²) in [6, 6.07) is 1.72. The molecule has 0 spiro atoms. The van der Waals surface area contributed by atoms with Crippen LogP contribution in [0.15, 0.2) is 5.11 Å². The fourth-order valence-electron chi connectivity index (χ4n) is 3.38. The predicted molar refractivity (Wildman–Crippen MR) is 69.4 cm³/mol. The maximum atomic E-state index is 11.4. The third-order valence-corrected chi connectivity index (χ3v) is 4.09. The van der Waals surface area contributed by atoms with E-state index in [0.29, 0.717) is 0 Å². The van der Waals surface area contributed by atoms with Crippen molar-refractivity contribution in [3.05, 3.63) is 27.8 Å². The first kappa shape index (κ1) is 11.8. The molecule has 0 aliphatic heterocycles. The van der Waals surface area contributed by atoms with Gasteiger partial charge in [-0.1, -0.05) is 5.11 Å². The molecule has 0 fully saturated rings. The average molecular weight is 254 g/mol. The number of hydrogen-bond donors (Lipinski definition) is 2. The number of benzene rings is 1. The maximum absolute atomic E-state index is 11.4. The lowest BCUT2D eigenvalue weighted by Crippen LogP contribution is -2.11. The topological polar surface area (TPSA) is 89.1 Å². The Morgan fingerprint density at radius 2 is 1.63 bits per heavy atom. The number of nitrogens with zero attached hydrogens (tertiary/aromatic N) is 2. The van der Waals surface area contributed by atoms with Crippen LogP contribution in [-0.2, 0) is 25.7 Å². The molecular weight excluding hydrogens is 240 g/mol. The Morgan fingerprint density at radius 3 is 2.11 bits per heavy atom. The molecule has 0 atom stereocenters. The smallest absolute Gasteiger partial charge is 0.304 e. The highest BCUT2D eigenvalue weighted by Gasteiger charge is 2.29. The molecule has 2 aliphatic rings. The van der Waals surface area contributed by atoms with Gasteiger partial charge in [0, 0.05) is 5.69 Å². The highest BCUT2D eigenvalue weighted by molar-refractivity contribution is 5.92. The fraction of sp³-hybridized carbons (Fsp3) is 0.429. The fourth-order valence-corrected chi connectivity index (χ4v) is 3.38. The second kappa shape index (κ2) is 4.47. The molecule has 0 heterocycles. The van der Waals surface area contributed by atoms with Gasteiger partial charge in [0.25, 0.3) is 0 Å². The molecule has 1 aromatic carbocycles. The van der Waals surface area contributed by atoms with Crippen LogP contribution in [0.3, 0.4) is 0 Å². The molecule has 1 aromatic rings. The van der Waals surface area contributed by atoms with Crippen LogP contribution in [0.1, 0.15) is 40.7 Å². The van der Waals surface area contributed by atoms with Gasteiger partial charge in [-0.15, -0.1) is 0 Å². The van der Waals surface area contributed by atoms with Gasteiger partial charge in [-0.25, -0.2) is 4.79 Å². The first-order chi connectivity index (χ1) is 9.26. The molecule has 96 valence electrons. The van der Waals surface area contributed by atoms with E-state index in [1.165, 1.54) is 0 Å². The lowest BCUT2D eigenvalue weighted by atomic mass is 9.93. The van der Waals surface area contributed by atoms with Gasteiger partial charge in [-0.2, -0.15) is 10.8 Å². The number of carbonyl (C=O) groups is 1. The van der Waals surface area contributed by atoms with E-state index in [4.69, 9.17) is 5.53 Å². The minimum atomic E-state index is -0.632. The molecule has 5 heteroatoms. The number of fused-ring (bicyclic) bond motifs is 2. The van der Waals surface area contributed by atoms with Crippen LogP contribution in [0.5, 0.6) is 0 Å². The third-order valence-electron chi connectivity index (χ3n) is 4.09. The van der Waals surface area contributed by atoms with Crippen LogP contribution in [0.4, 0.5) is 10.5 Å². The van der Waals surface area contributed by atoms with Gasteiger partial charge in [-0.3, -0.25) is 0 Å². The average Bonchev–Trinajstić information content (AvgIpc) is 3.06. The summed E-state index contributed by atoms with van der Waals surface area (Å²) in [5.74, 6) is 0. The molecule has 2 N–H and O–H groups in total. The van der Waals surface area contributed by atoms with E-state index in [9.17, 15) is 10.1 Å². The molecule has 2 aliphatic carbocycles. The highest BCUT2D eigenvalue weighted by Crippen LogP contribution is 2.41. The Kier molecular flexibility index (Phi) is 2.79. The predicted octanol–water partition coefficient (Wildman–Crippen LogP) is 3.10. The van der Waals surface area contributed by atoms with Crippen molar-refractivity contribution in [3.63, 3.8) is 0 Å². The van der Waals surface area contributed by atoms with Crippen LogP contribution >= 0.6 is 0 Å². The van der Waals surface area contributed by atoms with E-state index < -0.39 is 6.03 Å². The first-order valence-corrected chi connectivity index (χ1v) is 6.54. The Hall–Kier alpha value is -2.22. The number of anilines is 1. The molecule has 0 saturated heterocycles. The number of urea groups is 1. The molecule has 5 nitrogen and oxygen atoms in total. The molecule has 0 unspecified atom stereocenters. The minimum Gasteiger partial charge on any atom is -0.304 e. The summed E-state index contributed by atoms with van der Waals surface area (Å²) in [7, 11) is 0. The summed E-state index contributed by atoms with van der Waals surface area (Å²) in [6.07, 6.45) is 5.65. The van der Waals surface area contributed by atoms with E-state index in [-0.39, 0.29) is 0 Å². The zero-order valence-electron chi connectivity index (χ0n) is 10.5. The zero-order chi connectivity index (χ0) is 13.4. The van der Waals surface area contributed by atoms with Crippen molar-refractivity contribution >= 4 is 11.7 Å². The largest absolute Gasteiger partial charge is 0.363 e. The SMILES string of the molecule is N#Cc1c2c(c(NC(=O)N=N)c3c1CCC3)CCC2. The summed E-state index contributed by atoms with van der Waals surface area (Å²) in [4.78, 5) is 11.4. The summed E-state index contributed by atoms with van der Waals surface area (Å²) in [5.41, 5.74) is 12.8. The van der Waals surface area contributed by atoms with Gasteiger partial charge < -0.3 is 5.32 Å². The monoisotopic (exact) mass is 254 g/mol. The number of nitrogens with one attached hydrogen (secondary N) is 2. The number of carbonyl (C=O) groups excluding carboxylic acids is 1. The van der Waals surface area contributed by atoms with E-state index >= 15 is 0 Å². The molecule has 0 aromatic heterocycles. The van der Waals surface area contributed by atoms with Gasteiger partial charge in [0.15, 0.2) is 0 Å². The third kappa shape index (κ3) is 1.72. The number of hydrogen-bond acceptors (Lipinski definition) is 3. The van der Waals surface area contributed by atoms with Crippen LogP contribution < -0.4 is 5.32 Å². The second-order valence-corrected chi connectivity index (χ2v) is 5.03. The van der Waals surface area contributed by atoms with Crippen LogP contribution in [0.2, 0.25) is 0 Å². The standard InChI is InChI=1S/C14H14N4O/c15-7-12-8-3-1-5-10(8)13(17-14(19)18-16)11-6-2-4-9(11)12/h16H,1-6H2,(H,17,19). The summed E-state index contributed by atoms with van der Waals surface area (Å²) in [5, 5.41) is 15.1. The number of rotatable bonds is 1. The zero-order valence-corrected chi connectivity index (χ0v) is 10.5. The molecule has 0 radical (unpaired) electrons. The Morgan fingerprint density at radius 1 is 1.11 bits per heavy atom. The van der Waals surface area contributed by atoms with Crippen molar-refractivity contribution < 1.29 is 4.79 Å². The molecule has 19 heavy (non-hydrogen) atoms. The minimum absolute atomic E-state index is 0.632. The van der Waals surface area contributed by atoms with Crippen molar-refractivity contribution in [2.75, 3.05) is 5.32 Å². The van der Waals surface area contributed by atoms with Crippen LogP contribution in [-0.4, -0.2) is 6.03 Å². The number of amides is 2. The number of nitriles is 1.